The van der Waals surface area contributed by atoms with Crippen LogP contribution in [0.1, 0.15) is 42.7 Å². The zero-order valence-corrected chi connectivity index (χ0v) is 15.5. The van der Waals surface area contributed by atoms with Crippen molar-refractivity contribution in [1.82, 2.24) is 9.88 Å². The highest BCUT2D eigenvalue weighted by Gasteiger charge is 2.20. The maximum absolute atomic E-state index is 12.6. The number of rotatable bonds is 6. The summed E-state index contributed by atoms with van der Waals surface area (Å²) in [5, 5.41) is 3.41. The lowest BCUT2D eigenvalue weighted by atomic mass is 10.1. The van der Waals surface area contributed by atoms with E-state index in [1.807, 2.05) is 37.4 Å². The van der Waals surface area contributed by atoms with Crippen LogP contribution < -0.4 is 5.32 Å². The van der Waals surface area contributed by atoms with Crippen LogP contribution in [0.4, 0.5) is 10.5 Å². The Morgan fingerprint density at radius 2 is 1.96 bits per heavy atom. The Labute approximate surface area is 148 Å². The van der Waals surface area contributed by atoms with Gasteiger partial charge in [-0.25, -0.2) is 4.79 Å². The van der Waals surface area contributed by atoms with Crippen LogP contribution in [-0.2, 0) is 0 Å². The van der Waals surface area contributed by atoms with E-state index in [1.54, 1.807) is 29.1 Å². The van der Waals surface area contributed by atoms with Crippen LogP contribution in [0, 0.1) is 0 Å². The molecule has 128 valence electrons. The average Bonchev–Trinajstić information content (AvgIpc) is 2.62. The molecule has 0 unspecified atom stereocenters. The molecule has 0 aliphatic rings. The molecule has 0 aliphatic carbocycles. The Balaban J connectivity index is 2.11. The first-order valence-corrected chi connectivity index (χ1v) is 9.42. The van der Waals surface area contributed by atoms with Crippen LogP contribution in [0.5, 0.6) is 0 Å². The van der Waals surface area contributed by atoms with Crippen LogP contribution in [0.15, 0.2) is 48.8 Å². The number of nitrogens with one attached hydrogen (secondary N) is 1. The summed E-state index contributed by atoms with van der Waals surface area (Å²) < 4.78 is 0. The number of anilines is 1. The van der Waals surface area contributed by atoms with Gasteiger partial charge in [0.2, 0.25) is 0 Å². The first kappa shape index (κ1) is 18.3. The van der Waals surface area contributed by atoms with Crippen molar-refractivity contribution >= 4 is 23.5 Å². The molecule has 2 atom stereocenters. The molecule has 0 fully saturated rings. The summed E-state index contributed by atoms with van der Waals surface area (Å²) in [7, 11) is 1.83. The lowest BCUT2D eigenvalue weighted by Gasteiger charge is -2.28. The summed E-state index contributed by atoms with van der Waals surface area (Å²) in [6.45, 7) is 4.24. The fraction of sp³-hybridized carbons (Fsp3) is 0.368. The topological polar surface area (TPSA) is 45.2 Å². The lowest BCUT2D eigenvalue weighted by molar-refractivity contribution is 0.202. The highest BCUT2D eigenvalue weighted by Crippen LogP contribution is 2.28. The molecular weight excluding hydrogens is 318 g/mol. The van der Waals surface area contributed by atoms with Crippen LogP contribution in [0.25, 0.3) is 0 Å². The van der Waals surface area contributed by atoms with E-state index in [1.165, 1.54) is 5.56 Å². The predicted octanol–water partition coefficient (Wildman–Crippen LogP) is 5.12. The van der Waals surface area contributed by atoms with Gasteiger partial charge in [0.15, 0.2) is 0 Å². The van der Waals surface area contributed by atoms with Gasteiger partial charge in [0, 0.05) is 30.4 Å². The van der Waals surface area contributed by atoms with Gasteiger partial charge < -0.3 is 10.2 Å². The van der Waals surface area contributed by atoms with Crippen molar-refractivity contribution in [2.45, 2.75) is 31.6 Å². The summed E-state index contributed by atoms with van der Waals surface area (Å²) in [6, 6.07) is 11.9. The molecule has 0 saturated carbocycles. The fourth-order valence-corrected chi connectivity index (χ4v) is 3.10. The summed E-state index contributed by atoms with van der Waals surface area (Å²) in [6.07, 6.45) is 6.45. The van der Waals surface area contributed by atoms with Gasteiger partial charge in [-0.15, -0.1) is 0 Å². The van der Waals surface area contributed by atoms with Crippen molar-refractivity contribution in [1.29, 1.82) is 0 Å². The van der Waals surface area contributed by atoms with Gasteiger partial charge in [-0.1, -0.05) is 19.1 Å². The molecule has 24 heavy (non-hydrogen) atoms. The molecule has 0 radical (unpaired) electrons. The fourth-order valence-electron chi connectivity index (χ4n) is 2.68. The van der Waals surface area contributed by atoms with Gasteiger partial charge in [0.25, 0.3) is 0 Å². The summed E-state index contributed by atoms with van der Waals surface area (Å²) in [5.41, 5.74) is 3.13. The van der Waals surface area contributed by atoms with E-state index in [2.05, 4.69) is 36.5 Å². The second kappa shape index (κ2) is 8.73. The molecular formula is C19H25N3OS. The second-order valence-corrected chi connectivity index (χ2v) is 6.93. The highest BCUT2D eigenvalue weighted by molar-refractivity contribution is 7.98. The molecule has 0 aliphatic heterocycles. The van der Waals surface area contributed by atoms with E-state index in [-0.39, 0.29) is 12.1 Å². The molecule has 1 N–H and O–H groups in total. The molecule has 1 heterocycles. The van der Waals surface area contributed by atoms with E-state index >= 15 is 0 Å². The van der Waals surface area contributed by atoms with Gasteiger partial charge in [-0.3, -0.25) is 4.98 Å². The van der Waals surface area contributed by atoms with Crippen molar-refractivity contribution in [2.75, 3.05) is 18.6 Å². The maximum atomic E-state index is 12.6. The molecule has 0 spiro atoms. The van der Waals surface area contributed by atoms with Gasteiger partial charge in [0.05, 0.1) is 6.04 Å². The number of nitrogens with zero attached hydrogens (tertiary/aromatic N) is 2. The molecule has 2 rings (SSSR count). The molecule has 1 aromatic heterocycles. The number of hydrogen-bond donors (Lipinski definition) is 1. The standard InChI is InChI=1S/C19H25N3OS/c1-5-18(15-9-11-20-12-10-15)22(3)19(23)21-17-8-6-7-16(13-17)14(2)24-4/h6-14,18H,5H2,1-4H3,(H,21,23)/t14-,18+/m1/s1. The second-order valence-electron chi connectivity index (χ2n) is 5.75. The Morgan fingerprint density at radius 1 is 1.25 bits per heavy atom. The van der Waals surface area contributed by atoms with Crippen molar-refractivity contribution in [2.24, 2.45) is 0 Å². The molecule has 1 aromatic carbocycles. The molecule has 2 amide bonds. The van der Waals surface area contributed by atoms with Crippen LogP contribution >= 0.6 is 11.8 Å². The molecule has 2 aromatic rings. The van der Waals surface area contributed by atoms with Gasteiger partial charge >= 0.3 is 6.03 Å². The van der Waals surface area contributed by atoms with Crippen LogP contribution in [-0.4, -0.2) is 29.2 Å². The molecule has 0 saturated heterocycles. The van der Waals surface area contributed by atoms with E-state index in [0.717, 1.165) is 17.7 Å². The van der Waals surface area contributed by atoms with E-state index < -0.39 is 0 Å². The van der Waals surface area contributed by atoms with Crippen molar-refractivity contribution < 1.29 is 4.79 Å². The summed E-state index contributed by atoms with van der Waals surface area (Å²) in [5.74, 6) is 0. The van der Waals surface area contributed by atoms with Crippen molar-refractivity contribution in [3.8, 4) is 0 Å². The van der Waals surface area contributed by atoms with E-state index in [0.29, 0.717) is 5.25 Å². The maximum Gasteiger partial charge on any atom is 0.322 e. The Bertz CT molecular complexity index is 663. The number of pyridine rings is 1. The molecule has 0 bridgehead atoms. The number of aromatic nitrogens is 1. The van der Waals surface area contributed by atoms with Gasteiger partial charge in [-0.2, -0.15) is 11.8 Å². The first-order chi connectivity index (χ1) is 11.6. The third-order valence-corrected chi connectivity index (χ3v) is 5.21. The lowest BCUT2D eigenvalue weighted by Crippen LogP contribution is -2.34. The van der Waals surface area contributed by atoms with Crippen LogP contribution in [0.2, 0.25) is 0 Å². The number of hydrogen-bond acceptors (Lipinski definition) is 3. The van der Waals surface area contributed by atoms with Crippen LogP contribution in [0.3, 0.4) is 0 Å². The number of carbonyl (C=O) groups is 1. The van der Waals surface area contributed by atoms with E-state index in [9.17, 15) is 4.79 Å². The van der Waals surface area contributed by atoms with Gasteiger partial charge in [-0.05, 0) is 55.0 Å². The zero-order valence-electron chi connectivity index (χ0n) is 14.7. The molecule has 4 nitrogen and oxygen atoms in total. The highest BCUT2D eigenvalue weighted by atomic mass is 32.2. The van der Waals surface area contributed by atoms with Crippen molar-refractivity contribution in [3.63, 3.8) is 0 Å². The van der Waals surface area contributed by atoms with Crippen molar-refractivity contribution in [3.05, 3.63) is 59.9 Å². The first-order valence-electron chi connectivity index (χ1n) is 8.13. The Hall–Kier alpha value is -2.01. The van der Waals surface area contributed by atoms with E-state index in [4.69, 9.17) is 0 Å². The number of urea groups is 1. The minimum atomic E-state index is -0.104. The summed E-state index contributed by atoms with van der Waals surface area (Å²) >= 11 is 1.79. The smallest absolute Gasteiger partial charge is 0.321 e. The third-order valence-electron chi connectivity index (χ3n) is 4.23. The zero-order chi connectivity index (χ0) is 17.5. The number of amides is 2. The normalized spacial score (nSPS) is 13.2. The largest absolute Gasteiger partial charge is 0.322 e. The Morgan fingerprint density at radius 3 is 2.58 bits per heavy atom. The number of benzene rings is 1. The number of carbonyl (C=O) groups excluding carboxylic acids is 1. The summed E-state index contributed by atoms with van der Waals surface area (Å²) in [4.78, 5) is 18.4. The quantitative estimate of drug-likeness (QED) is 0.791. The monoisotopic (exact) mass is 343 g/mol. The van der Waals surface area contributed by atoms with Gasteiger partial charge in [0.1, 0.15) is 0 Å². The average molecular weight is 343 g/mol. The SMILES string of the molecule is CC[C@@H](c1ccncc1)N(C)C(=O)Nc1cccc([C@@H](C)SC)c1. The minimum absolute atomic E-state index is 0.0290. The molecule has 5 heteroatoms. The minimum Gasteiger partial charge on any atom is -0.321 e. The Kier molecular flexibility index (Phi) is 6.67. The number of thioether (sulfide) groups is 1. The predicted molar refractivity (Wildman–Crippen MR) is 102 cm³/mol. The third kappa shape index (κ3) is 4.51.